The average molecular weight is 292 g/mol. The molecule has 0 radical (unpaired) electrons. The summed E-state index contributed by atoms with van der Waals surface area (Å²) >= 11 is 0. The molecule has 0 saturated carbocycles. The largest absolute Gasteiger partial charge is 0.465 e. The maximum Gasteiger partial charge on any atom is 0.337 e. The molecule has 1 amide bonds. The Labute approximate surface area is 123 Å². The molecule has 0 aliphatic carbocycles. The van der Waals surface area contributed by atoms with Crippen LogP contribution in [0.2, 0.25) is 0 Å². The SMILES string of the molecule is COC(=O)c1cccc(CNC(=O)CC2COCCN2)c1. The zero-order valence-electron chi connectivity index (χ0n) is 12.1. The van der Waals surface area contributed by atoms with Gasteiger partial charge in [-0.25, -0.2) is 4.79 Å². The first-order valence-corrected chi connectivity index (χ1v) is 6.94. The quantitative estimate of drug-likeness (QED) is 0.771. The third-order valence-corrected chi connectivity index (χ3v) is 3.27. The first-order valence-electron chi connectivity index (χ1n) is 6.94. The van der Waals surface area contributed by atoms with Crippen LogP contribution in [0.4, 0.5) is 0 Å². The molecule has 1 unspecified atom stereocenters. The summed E-state index contributed by atoms with van der Waals surface area (Å²) in [5, 5.41) is 6.08. The van der Waals surface area contributed by atoms with E-state index in [0.29, 0.717) is 31.7 Å². The molecule has 1 aromatic carbocycles. The number of hydrogen-bond donors (Lipinski definition) is 2. The Morgan fingerprint density at radius 2 is 2.33 bits per heavy atom. The maximum absolute atomic E-state index is 11.9. The van der Waals surface area contributed by atoms with Crippen molar-refractivity contribution >= 4 is 11.9 Å². The van der Waals surface area contributed by atoms with Crippen molar-refractivity contribution in [2.24, 2.45) is 0 Å². The molecular formula is C15H20N2O4. The lowest BCUT2D eigenvalue weighted by molar-refractivity contribution is -0.122. The second-order valence-electron chi connectivity index (χ2n) is 4.90. The minimum absolute atomic E-state index is 0.0403. The molecule has 6 nitrogen and oxygen atoms in total. The first-order chi connectivity index (χ1) is 10.2. The summed E-state index contributed by atoms with van der Waals surface area (Å²) in [7, 11) is 1.34. The molecule has 0 spiro atoms. The topological polar surface area (TPSA) is 76.7 Å². The fourth-order valence-electron chi connectivity index (χ4n) is 2.17. The number of methoxy groups -OCH3 is 1. The van der Waals surface area contributed by atoms with Crippen molar-refractivity contribution < 1.29 is 19.1 Å². The Bertz CT molecular complexity index is 498. The van der Waals surface area contributed by atoms with E-state index in [4.69, 9.17) is 4.74 Å². The van der Waals surface area contributed by atoms with Crippen LogP contribution in [-0.4, -0.2) is 44.8 Å². The van der Waals surface area contributed by atoms with Gasteiger partial charge in [-0.15, -0.1) is 0 Å². The molecule has 2 rings (SSSR count). The summed E-state index contributed by atoms with van der Waals surface area (Å²) in [5.41, 5.74) is 1.34. The normalized spacial score (nSPS) is 18.0. The zero-order chi connectivity index (χ0) is 15.1. The van der Waals surface area contributed by atoms with Crippen LogP contribution in [0.25, 0.3) is 0 Å². The van der Waals surface area contributed by atoms with E-state index >= 15 is 0 Å². The van der Waals surface area contributed by atoms with Crippen molar-refractivity contribution in [1.82, 2.24) is 10.6 Å². The van der Waals surface area contributed by atoms with Gasteiger partial charge in [0.2, 0.25) is 5.91 Å². The van der Waals surface area contributed by atoms with Crippen LogP contribution in [0.15, 0.2) is 24.3 Å². The van der Waals surface area contributed by atoms with Gasteiger partial charge in [-0.3, -0.25) is 4.79 Å². The van der Waals surface area contributed by atoms with E-state index < -0.39 is 0 Å². The number of ether oxygens (including phenoxy) is 2. The third kappa shape index (κ3) is 4.84. The Morgan fingerprint density at radius 1 is 1.48 bits per heavy atom. The Balaban J connectivity index is 1.81. The summed E-state index contributed by atoms with van der Waals surface area (Å²) in [6, 6.07) is 7.09. The van der Waals surface area contributed by atoms with Crippen molar-refractivity contribution in [3.63, 3.8) is 0 Å². The third-order valence-electron chi connectivity index (χ3n) is 3.27. The Hall–Kier alpha value is -1.92. The molecule has 21 heavy (non-hydrogen) atoms. The fraction of sp³-hybridized carbons (Fsp3) is 0.467. The highest BCUT2D eigenvalue weighted by Gasteiger charge is 2.16. The number of hydrogen-bond acceptors (Lipinski definition) is 5. The number of nitrogens with one attached hydrogen (secondary N) is 2. The lowest BCUT2D eigenvalue weighted by Gasteiger charge is -2.23. The standard InChI is InChI=1S/C15H20N2O4/c1-20-15(19)12-4-2-3-11(7-12)9-17-14(18)8-13-10-21-6-5-16-13/h2-4,7,13,16H,5-6,8-10H2,1H3,(H,17,18). The molecular weight excluding hydrogens is 272 g/mol. The van der Waals surface area contributed by atoms with Crippen molar-refractivity contribution in [1.29, 1.82) is 0 Å². The van der Waals surface area contributed by atoms with E-state index in [2.05, 4.69) is 15.4 Å². The lowest BCUT2D eigenvalue weighted by Crippen LogP contribution is -2.44. The summed E-state index contributed by atoms with van der Waals surface area (Å²) in [4.78, 5) is 23.3. The van der Waals surface area contributed by atoms with E-state index in [1.807, 2.05) is 6.07 Å². The van der Waals surface area contributed by atoms with Gasteiger partial charge in [-0.05, 0) is 17.7 Å². The maximum atomic E-state index is 11.9. The van der Waals surface area contributed by atoms with Crippen LogP contribution in [0.3, 0.4) is 0 Å². The van der Waals surface area contributed by atoms with E-state index in [9.17, 15) is 9.59 Å². The van der Waals surface area contributed by atoms with Crippen molar-refractivity contribution in [2.75, 3.05) is 26.9 Å². The van der Waals surface area contributed by atoms with Crippen molar-refractivity contribution in [3.05, 3.63) is 35.4 Å². The van der Waals surface area contributed by atoms with Gasteiger partial charge < -0.3 is 20.1 Å². The fourth-order valence-corrected chi connectivity index (χ4v) is 2.17. The van der Waals surface area contributed by atoms with Crippen LogP contribution in [0.5, 0.6) is 0 Å². The highest BCUT2D eigenvalue weighted by atomic mass is 16.5. The molecule has 1 heterocycles. The summed E-state index contributed by atoms with van der Waals surface area (Å²) < 4.78 is 9.98. The van der Waals surface area contributed by atoms with Gasteiger partial charge in [0, 0.05) is 25.6 Å². The molecule has 114 valence electrons. The van der Waals surface area contributed by atoms with Gasteiger partial charge in [0.25, 0.3) is 0 Å². The van der Waals surface area contributed by atoms with Crippen molar-refractivity contribution in [3.8, 4) is 0 Å². The second-order valence-corrected chi connectivity index (χ2v) is 4.90. The molecule has 1 saturated heterocycles. The number of benzene rings is 1. The molecule has 1 aromatic rings. The van der Waals surface area contributed by atoms with Crippen molar-refractivity contribution in [2.45, 2.75) is 19.0 Å². The van der Waals surface area contributed by atoms with Gasteiger partial charge in [0.05, 0.1) is 25.9 Å². The van der Waals surface area contributed by atoms with E-state index in [1.165, 1.54) is 7.11 Å². The molecule has 1 atom stereocenters. The first kappa shape index (κ1) is 15.5. The smallest absolute Gasteiger partial charge is 0.337 e. The molecule has 2 N–H and O–H groups in total. The highest BCUT2D eigenvalue weighted by Crippen LogP contribution is 2.07. The minimum atomic E-state index is -0.383. The highest BCUT2D eigenvalue weighted by molar-refractivity contribution is 5.89. The van der Waals surface area contributed by atoms with Crippen LogP contribution in [0.1, 0.15) is 22.3 Å². The van der Waals surface area contributed by atoms with Crippen LogP contribution in [-0.2, 0) is 20.8 Å². The number of carbonyl (C=O) groups excluding carboxylic acids is 2. The van der Waals surface area contributed by atoms with Crippen LogP contribution < -0.4 is 10.6 Å². The monoisotopic (exact) mass is 292 g/mol. The van der Waals surface area contributed by atoms with Gasteiger partial charge >= 0.3 is 5.97 Å². The Morgan fingerprint density at radius 3 is 3.05 bits per heavy atom. The zero-order valence-corrected chi connectivity index (χ0v) is 12.1. The number of carbonyl (C=O) groups is 2. The van der Waals surface area contributed by atoms with Gasteiger partial charge in [-0.2, -0.15) is 0 Å². The van der Waals surface area contributed by atoms with E-state index in [1.54, 1.807) is 18.2 Å². The van der Waals surface area contributed by atoms with E-state index in [-0.39, 0.29) is 17.9 Å². The number of rotatable bonds is 5. The Kier molecular flexibility index (Phi) is 5.71. The number of morpholine rings is 1. The van der Waals surface area contributed by atoms with E-state index in [0.717, 1.165) is 12.1 Å². The van der Waals surface area contributed by atoms with Crippen LogP contribution >= 0.6 is 0 Å². The summed E-state index contributed by atoms with van der Waals surface area (Å²) in [6.07, 6.45) is 0.386. The molecule has 1 aliphatic rings. The summed E-state index contributed by atoms with van der Waals surface area (Å²) in [5.74, 6) is -0.423. The van der Waals surface area contributed by atoms with Gasteiger partial charge in [0.15, 0.2) is 0 Å². The molecule has 0 aromatic heterocycles. The van der Waals surface area contributed by atoms with Crippen LogP contribution in [0, 0.1) is 0 Å². The molecule has 0 bridgehead atoms. The predicted octanol–water partition coefficient (Wildman–Crippen LogP) is 0.468. The van der Waals surface area contributed by atoms with Gasteiger partial charge in [0.1, 0.15) is 0 Å². The molecule has 6 heteroatoms. The lowest BCUT2D eigenvalue weighted by atomic mass is 10.1. The number of esters is 1. The summed E-state index contributed by atoms with van der Waals surface area (Å²) in [6.45, 7) is 2.42. The minimum Gasteiger partial charge on any atom is -0.465 e. The second kappa shape index (κ2) is 7.75. The number of amides is 1. The average Bonchev–Trinajstić information content (AvgIpc) is 2.53. The van der Waals surface area contributed by atoms with Gasteiger partial charge in [-0.1, -0.05) is 12.1 Å². The molecule has 1 fully saturated rings. The predicted molar refractivity (Wildman–Crippen MR) is 76.9 cm³/mol. The molecule has 1 aliphatic heterocycles.